The lowest BCUT2D eigenvalue weighted by atomic mass is 10.2. The van der Waals surface area contributed by atoms with Gasteiger partial charge in [0.25, 0.3) is 0 Å². The molecular formula is C17H21N5. The molecule has 4 rings (SSSR count). The van der Waals surface area contributed by atoms with Gasteiger partial charge in [-0.25, -0.2) is 9.67 Å². The molecule has 0 spiro atoms. The van der Waals surface area contributed by atoms with Gasteiger partial charge >= 0.3 is 0 Å². The molecule has 2 aliphatic rings. The molecule has 0 aliphatic heterocycles. The van der Waals surface area contributed by atoms with Gasteiger partial charge < -0.3 is 11.1 Å². The van der Waals surface area contributed by atoms with Crippen LogP contribution in [0.15, 0.2) is 35.3 Å². The fourth-order valence-corrected chi connectivity index (χ4v) is 3.07. The number of aromatic nitrogens is 2. The molecule has 5 nitrogen and oxygen atoms in total. The molecule has 1 fully saturated rings. The maximum absolute atomic E-state index is 5.93. The summed E-state index contributed by atoms with van der Waals surface area (Å²) in [5.74, 6) is 0.545. The van der Waals surface area contributed by atoms with Crippen molar-refractivity contribution in [3.63, 3.8) is 0 Å². The number of aliphatic imine (C=N–C) groups is 1. The summed E-state index contributed by atoms with van der Waals surface area (Å²) in [6.07, 6.45) is 5.80. The maximum atomic E-state index is 5.93. The molecule has 1 saturated carbocycles. The van der Waals surface area contributed by atoms with Crippen LogP contribution in [0.3, 0.4) is 0 Å². The first kappa shape index (κ1) is 13.4. The second-order valence-corrected chi connectivity index (χ2v) is 6.09. The van der Waals surface area contributed by atoms with Crippen LogP contribution in [0.5, 0.6) is 0 Å². The van der Waals surface area contributed by atoms with E-state index in [2.05, 4.69) is 27.1 Å². The van der Waals surface area contributed by atoms with Crippen molar-refractivity contribution in [2.24, 2.45) is 10.7 Å². The number of nitrogens with one attached hydrogen (secondary N) is 1. The summed E-state index contributed by atoms with van der Waals surface area (Å²) in [5.41, 5.74) is 10.8. The molecule has 0 amide bonds. The largest absolute Gasteiger partial charge is 0.370 e. The Labute approximate surface area is 130 Å². The van der Waals surface area contributed by atoms with Crippen LogP contribution in [0.25, 0.3) is 5.69 Å². The van der Waals surface area contributed by atoms with E-state index in [1.807, 2.05) is 18.2 Å². The van der Waals surface area contributed by atoms with E-state index in [0.29, 0.717) is 18.5 Å². The van der Waals surface area contributed by atoms with E-state index in [1.165, 1.54) is 30.5 Å². The summed E-state index contributed by atoms with van der Waals surface area (Å²) in [4.78, 5) is 4.47. The molecule has 0 saturated heterocycles. The Balaban J connectivity index is 1.60. The zero-order chi connectivity index (χ0) is 14.9. The van der Waals surface area contributed by atoms with Crippen molar-refractivity contribution < 1.29 is 0 Å². The summed E-state index contributed by atoms with van der Waals surface area (Å²) in [5, 5.41) is 8.02. The van der Waals surface area contributed by atoms with Gasteiger partial charge in [0.15, 0.2) is 5.96 Å². The zero-order valence-electron chi connectivity index (χ0n) is 12.6. The fraction of sp³-hybridized carbons (Fsp3) is 0.412. The SMILES string of the molecule is NC(=NCc1nn(-c2ccccc2)c2c1CCC2)NC1CC1. The lowest BCUT2D eigenvalue weighted by Gasteiger charge is -2.04. The number of hydrogen-bond donors (Lipinski definition) is 2. The highest BCUT2D eigenvalue weighted by Gasteiger charge is 2.24. The van der Waals surface area contributed by atoms with Crippen LogP contribution < -0.4 is 11.1 Å². The summed E-state index contributed by atoms with van der Waals surface area (Å²) >= 11 is 0. The number of para-hydroxylation sites is 1. The summed E-state index contributed by atoms with van der Waals surface area (Å²) < 4.78 is 2.08. The van der Waals surface area contributed by atoms with E-state index >= 15 is 0 Å². The van der Waals surface area contributed by atoms with Crippen molar-refractivity contribution in [2.75, 3.05) is 0 Å². The maximum Gasteiger partial charge on any atom is 0.189 e. The van der Waals surface area contributed by atoms with E-state index in [1.54, 1.807) is 0 Å². The van der Waals surface area contributed by atoms with Crippen molar-refractivity contribution in [3.05, 3.63) is 47.3 Å². The van der Waals surface area contributed by atoms with Gasteiger partial charge in [-0.2, -0.15) is 5.10 Å². The fourth-order valence-electron chi connectivity index (χ4n) is 3.07. The lowest BCUT2D eigenvalue weighted by Crippen LogP contribution is -2.33. The highest BCUT2D eigenvalue weighted by atomic mass is 15.3. The van der Waals surface area contributed by atoms with Crippen molar-refractivity contribution in [1.82, 2.24) is 15.1 Å². The van der Waals surface area contributed by atoms with Crippen LogP contribution in [0.2, 0.25) is 0 Å². The van der Waals surface area contributed by atoms with Crippen molar-refractivity contribution in [3.8, 4) is 5.69 Å². The number of guanidine groups is 1. The quantitative estimate of drug-likeness (QED) is 0.669. The van der Waals surface area contributed by atoms with E-state index in [4.69, 9.17) is 10.8 Å². The number of fused-ring (bicyclic) bond motifs is 1. The Hall–Kier alpha value is -2.30. The summed E-state index contributed by atoms with van der Waals surface area (Å²) in [6.45, 7) is 0.563. The van der Waals surface area contributed by atoms with Gasteiger partial charge in [-0.3, -0.25) is 0 Å². The standard InChI is InChI=1S/C17H21N5/c18-17(20-12-9-10-12)19-11-15-14-7-4-8-16(14)22(21-15)13-5-2-1-3-6-13/h1-3,5-6,12H,4,7-11H2,(H3,18,19,20). The highest BCUT2D eigenvalue weighted by Crippen LogP contribution is 2.28. The Morgan fingerprint density at radius 2 is 2.09 bits per heavy atom. The highest BCUT2D eigenvalue weighted by molar-refractivity contribution is 5.78. The molecular weight excluding hydrogens is 274 g/mol. The van der Waals surface area contributed by atoms with Gasteiger partial charge in [-0.1, -0.05) is 18.2 Å². The van der Waals surface area contributed by atoms with Gasteiger partial charge in [0.05, 0.1) is 17.9 Å². The Morgan fingerprint density at radius 1 is 1.27 bits per heavy atom. The average molecular weight is 295 g/mol. The molecule has 1 aromatic carbocycles. The predicted octanol–water partition coefficient (Wildman–Crippen LogP) is 1.93. The van der Waals surface area contributed by atoms with Crippen LogP contribution in [0, 0.1) is 0 Å². The minimum Gasteiger partial charge on any atom is -0.370 e. The molecule has 5 heteroatoms. The molecule has 0 atom stereocenters. The second kappa shape index (κ2) is 5.48. The van der Waals surface area contributed by atoms with Crippen molar-refractivity contribution >= 4 is 5.96 Å². The Bertz CT molecular complexity index is 697. The number of hydrogen-bond acceptors (Lipinski definition) is 2. The number of nitrogens with zero attached hydrogens (tertiary/aromatic N) is 3. The first-order valence-electron chi connectivity index (χ1n) is 8.03. The minimum absolute atomic E-state index is 0.538. The van der Waals surface area contributed by atoms with Crippen LogP contribution >= 0.6 is 0 Å². The van der Waals surface area contributed by atoms with E-state index in [-0.39, 0.29) is 0 Å². The van der Waals surface area contributed by atoms with Gasteiger partial charge in [0.2, 0.25) is 0 Å². The third-order valence-corrected chi connectivity index (χ3v) is 4.34. The van der Waals surface area contributed by atoms with E-state index in [9.17, 15) is 0 Å². The van der Waals surface area contributed by atoms with E-state index in [0.717, 1.165) is 24.2 Å². The molecule has 2 aromatic rings. The monoisotopic (exact) mass is 295 g/mol. The molecule has 0 radical (unpaired) electrons. The van der Waals surface area contributed by atoms with Crippen molar-refractivity contribution in [1.29, 1.82) is 0 Å². The molecule has 1 aromatic heterocycles. The second-order valence-electron chi connectivity index (χ2n) is 6.09. The predicted molar refractivity (Wildman–Crippen MR) is 87.1 cm³/mol. The molecule has 0 unspecified atom stereocenters. The number of benzene rings is 1. The molecule has 1 heterocycles. The Kier molecular flexibility index (Phi) is 3.33. The summed E-state index contributed by atoms with van der Waals surface area (Å²) in [6, 6.07) is 10.9. The number of nitrogens with two attached hydrogens (primary N) is 1. The molecule has 3 N–H and O–H groups in total. The topological polar surface area (TPSA) is 68.2 Å². The van der Waals surface area contributed by atoms with Gasteiger partial charge in [0.1, 0.15) is 0 Å². The first-order chi connectivity index (χ1) is 10.8. The van der Waals surface area contributed by atoms with Crippen LogP contribution in [-0.4, -0.2) is 21.8 Å². The summed E-state index contributed by atoms with van der Waals surface area (Å²) in [7, 11) is 0. The van der Waals surface area contributed by atoms with Crippen molar-refractivity contribution in [2.45, 2.75) is 44.7 Å². The smallest absolute Gasteiger partial charge is 0.189 e. The molecule has 22 heavy (non-hydrogen) atoms. The van der Waals surface area contributed by atoms with E-state index < -0.39 is 0 Å². The normalized spacial score (nSPS) is 17.5. The van der Waals surface area contributed by atoms with Gasteiger partial charge in [0, 0.05) is 11.7 Å². The van der Waals surface area contributed by atoms with Crippen LogP contribution in [-0.2, 0) is 19.4 Å². The first-order valence-corrected chi connectivity index (χ1v) is 8.03. The van der Waals surface area contributed by atoms with Crippen LogP contribution in [0.4, 0.5) is 0 Å². The van der Waals surface area contributed by atoms with Crippen LogP contribution in [0.1, 0.15) is 36.2 Å². The molecule has 0 bridgehead atoms. The Morgan fingerprint density at radius 3 is 2.86 bits per heavy atom. The molecule has 2 aliphatic carbocycles. The van der Waals surface area contributed by atoms with Gasteiger partial charge in [-0.05, 0) is 49.8 Å². The third-order valence-electron chi connectivity index (χ3n) is 4.34. The molecule has 114 valence electrons. The minimum atomic E-state index is 0.538. The lowest BCUT2D eigenvalue weighted by molar-refractivity contribution is 0.756. The third kappa shape index (κ3) is 2.58. The number of rotatable bonds is 4. The zero-order valence-corrected chi connectivity index (χ0v) is 12.6. The van der Waals surface area contributed by atoms with Gasteiger partial charge in [-0.15, -0.1) is 0 Å². The average Bonchev–Trinajstić information content (AvgIpc) is 3.10.